The highest BCUT2D eigenvalue weighted by Gasteiger charge is 2.26. The quantitative estimate of drug-likeness (QED) is 0.791. The summed E-state index contributed by atoms with van der Waals surface area (Å²) in [6.07, 6.45) is 1.07. The van der Waals surface area contributed by atoms with E-state index in [1.54, 1.807) is 0 Å². The van der Waals surface area contributed by atoms with Crippen molar-refractivity contribution in [2.45, 2.75) is 32.2 Å². The van der Waals surface area contributed by atoms with Crippen LogP contribution in [0, 0.1) is 6.92 Å². The van der Waals surface area contributed by atoms with Gasteiger partial charge >= 0.3 is 0 Å². The van der Waals surface area contributed by atoms with E-state index in [0.717, 1.165) is 30.3 Å². The van der Waals surface area contributed by atoms with Crippen LogP contribution in [0.1, 0.15) is 34.8 Å². The summed E-state index contributed by atoms with van der Waals surface area (Å²) in [5.74, 6) is 1.24. The first-order chi connectivity index (χ1) is 9.19. The Morgan fingerprint density at radius 1 is 1.47 bits per heavy atom. The van der Waals surface area contributed by atoms with E-state index in [4.69, 9.17) is 11.6 Å². The summed E-state index contributed by atoms with van der Waals surface area (Å²) < 4.78 is 0. The van der Waals surface area contributed by atoms with Crippen molar-refractivity contribution in [3.8, 4) is 0 Å². The Morgan fingerprint density at radius 3 is 3.11 bits per heavy atom. The summed E-state index contributed by atoms with van der Waals surface area (Å²) >= 11 is 7.75. The molecular formula is C14H16ClN3S. The molecule has 1 aliphatic heterocycles. The topological polar surface area (TPSA) is 29.0 Å². The molecule has 19 heavy (non-hydrogen) atoms. The molecule has 3 rings (SSSR count). The minimum atomic E-state index is 0.333. The van der Waals surface area contributed by atoms with Gasteiger partial charge in [0.1, 0.15) is 0 Å². The van der Waals surface area contributed by atoms with Gasteiger partial charge in [-0.15, -0.1) is 22.9 Å². The normalized spacial score (nSPS) is 18.5. The minimum absolute atomic E-state index is 0.333. The van der Waals surface area contributed by atoms with Crippen LogP contribution < -0.4 is 4.90 Å². The van der Waals surface area contributed by atoms with E-state index in [1.807, 2.05) is 24.3 Å². The number of fused-ring (bicyclic) bond motifs is 1. The first kappa shape index (κ1) is 12.9. The van der Waals surface area contributed by atoms with Crippen LogP contribution in [-0.4, -0.2) is 16.5 Å². The third kappa shape index (κ3) is 2.35. The van der Waals surface area contributed by atoms with Gasteiger partial charge in [-0.05, 0) is 43.3 Å². The molecule has 1 aliphatic rings. The average Bonchev–Trinajstić information content (AvgIpc) is 2.87. The maximum Gasteiger partial charge on any atom is 0.226 e. The SMILES string of the molecule is Cc1cc(CCl)nc(N2CCc3sccc3C2C)n1. The average molecular weight is 294 g/mol. The van der Waals surface area contributed by atoms with Gasteiger partial charge in [0.25, 0.3) is 0 Å². The van der Waals surface area contributed by atoms with Crippen molar-refractivity contribution in [2.24, 2.45) is 0 Å². The van der Waals surface area contributed by atoms with Crippen LogP contribution in [0.2, 0.25) is 0 Å². The molecule has 3 heterocycles. The van der Waals surface area contributed by atoms with E-state index in [-0.39, 0.29) is 0 Å². The van der Waals surface area contributed by atoms with Crippen molar-refractivity contribution in [1.29, 1.82) is 0 Å². The molecule has 100 valence electrons. The molecular weight excluding hydrogens is 278 g/mol. The molecule has 1 unspecified atom stereocenters. The number of thiophene rings is 1. The molecule has 3 nitrogen and oxygen atoms in total. The number of halogens is 1. The lowest BCUT2D eigenvalue weighted by atomic mass is 10.0. The summed E-state index contributed by atoms with van der Waals surface area (Å²) in [7, 11) is 0. The standard InChI is InChI=1S/C14H16ClN3S/c1-9-7-11(8-15)17-14(16-9)18-5-3-13-12(10(18)2)4-6-19-13/h4,6-7,10H,3,5,8H2,1-2H3. The molecule has 2 aromatic heterocycles. The molecule has 2 aromatic rings. The van der Waals surface area contributed by atoms with Crippen LogP contribution >= 0.6 is 22.9 Å². The van der Waals surface area contributed by atoms with Crippen molar-refractivity contribution < 1.29 is 0 Å². The van der Waals surface area contributed by atoms with Crippen molar-refractivity contribution in [3.05, 3.63) is 39.3 Å². The number of aromatic nitrogens is 2. The monoisotopic (exact) mass is 293 g/mol. The zero-order valence-electron chi connectivity index (χ0n) is 11.1. The Bertz CT molecular complexity index is 596. The van der Waals surface area contributed by atoms with Gasteiger partial charge in [0.05, 0.1) is 17.6 Å². The van der Waals surface area contributed by atoms with Gasteiger partial charge in [-0.3, -0.25) is 0 Å². The van der Waals surface area contributed by atoms with E-state index in [2.05, 4.69) is 33.2 Å². The van der Waals surface area contributed by atoms with Gasteiger partial charge < -0.3 is 4.90 Å². The second kappa shape index (κ2) is 5.10. The molecule has 0 aromatic carbocycles. The molecule has 0 N–H and O–H groups in total. The fourth-order valence-corrected chi connectivity index (χ4v) is 3.70. The van der Waals surface area contributed by atoms with Gasteiger partial charge in [0.15, 0.2) is 0 Å². The highest BCUT2D eigenvalue weighted by molar-refractivity contribution is 7.10. The van der Waals surface area contributed by atoms with E-state index in [9.17, 15) is 0 Å². The smallest absolute Gasteiger partial charge is 0.226 e. The molecule has 5 heteroatoms. The number of hydrogen-bond donors (Lipinski definition) is 0. The second-order valence-electron chi connectivity index (χ2n) is 4.85. The first-order valence-electron chi connectivity index (χ1n) is 6.42. The lowest BCUT2D eigenvalue weighted by Crippen LogP contribution is -2.34. The predicted molar refractivity (Wildman–Crippen MR) is 80.1 cm³/mol. The van der Waals surface area contributed by atoms with Crippen molar-refractivity contribution in [1.82, 2.24) is 9.97 Å². The maximum absolute atomic E-state index is 5.90. The summed E-state index contributed by atoms with van der Waals surface area (Å²) in [5.41, 5.74) is 3.28. The lowest BCUT2D eigenvalue weighted by Gasteiger charge is -2.33. The first-order valence-corrected chi connectivity index (χ1v) is 7.84. The molecule has 0 radical (unpaired) electrons. The van der Waals surface area contributed by atoms with E-state index >= 15 is 0 Å². The van der Waals surface area contributed by atoms with Gasteiger partial charge in [-0.25, -0.2) is 9.97 Å². The van der Waals surface area contributed by atoms with Crippen LogP contribution in [0.3, 0.4) is 0 Å². The van der Waals surface area contributed by atoms with Crippen LogP contribution in [-0.2, 0) is 12.3 Å². The third-order valence-corrected chi connectivity index (χ3v) is 4.84. The zero-order valence-corrected chi connectivity index (χ0v) is 12.6. The van der Waals surface area contributed by atoms with Crippen molar-refractivity contribution in [2.75, 3.05) is 11.4 Å². The predicted octanol–water partition coefficient (Wildman–Crippen LogP) is 3.71. The molecule has 1 atom stereocenters. The molecule has 0 amide bonds. The van der Waals surface area contributed by atoms with E-state index in [0.29, 0.717) is 11.9 Å². The number of alkyl halides is 1. The minimum Gasteiger partial charge on any atom is -0.334 e. The molecule has 0 spiro atoms. The molecule has 0 saturated carbocycles. The molecule has 0 fully saturated rings. The molecule has 0 bridgehead atoms. The summed E-state index contributed by atoms with van der Waals surface area (Å²) in [6.45, 7) is 5.18. The summed E-state index contributed by atoms with van der Waals surface area (Å²) in [5, 5.41) is 2.17. The Hall–Kier alpha value is -1.13. The Balaban J connectivity index is 1.97. The highest BCUT2D eigenvalue weighted by Crippen LogP contribution is 2.34. The Kier molecular flexibility index (Phi) is 3.46. The maximum atomic E-state index is 5.90. The van der Waals surface area contributed by atoms with Crippen LogP contribution in [0.25, 0.3) is 0 Å². The fraction of sp³-hybridized carbons (Fsp3) is 0.429. The van der Waals surface area contributed by atoms with Gasteiger partial charge in [-0.1, -0.05) is 0 Å². The number of hydrogen-bond acceptors (Lipinski definition) is 4. The third-order valence-electron chi connectivity index (χ3n) is 3.57. The molecule has 0 aliphatic carbocycles. The number of rotatable bonds is 2. The zero-order chi connectivity index (χ0) is 13.4. The van der Waals surface area contributed by atoms with Crippen LogP contribution in [0.5, 0.6) is 0 Å². The lowest BCUT2D eigenvalue weighted by molar-refractivity contribution is 0.613. The van der Waals surface area contributed by atoms with Crippen LogP contribution in [0.15, 0.2) is 17.5 Å². The van der Waals surface area contributed by atoms with Gasteiger partial charge in [0.2, 0.25) is 5.95 Å². The van der Waals surface area contributed by atoms with Crippen molar-refractivity contribution >= 4 is 28.9 Å². The van der Waals surface area contributed by atoms with E-state index in [1.165, 1.54) is 10.4 Å². The highest BCUT2D eigenvalue weighted by atomic mass is 35.5. The number of anilines is 1. The number of nitrogens with zero attached hydrogens (tertiary/aromatic N) is 3. The largest absolute Gasteiger partial charge is 0.334 e. The van der Waals surface area contributed by atoms with Crippen LogP contribution in [0.4, 0.5) is 5.95 Å². The second-order valence-corrected chi connectivity index (χ2v) is 6.12. The van der Waals surface area contributed by atoms with E-state index < -0.39 is 0 Å². The van der Waals surface area contributed by atoms with Crippen molar-refractivity contribution in [3.63, 3.8) is 0 Å². The number of aryl methyl sites for hydroxylation is 1. The summed E-state index contributed by atoms with van der Waals surface area (Å²) in [6, 6.07) is 4.50. The fourth-order valence-electron chi connectivity index (χ4n) is 2.60. The molecule has 0 saturated heterocycles. The van der Waals surface area contributed by atoms with Gasteiger partial charge in [-0.2, -0.15) is 0 Å². The Labute approximate surface area is 122 Å². The Morgan fingerprint density at radius 2 is 2.32 bits per heavy atom. The summed E-state index contributed by atoms with van der Waals surface area (Å²) in [4.78, 5) is 12.9. The van der Waals surface area contributed by atoms with Gasteiger partial charge in [0, 0.05) is 17.1 Å².